The number of hydrogen-bond donors (Lipinski definition) is 0. The van der Waals surface area contributed by atoms with E-state index in [0.717, 1.165) is 0 Å². The Hall–Kier alpha value is -0.520. The van der Waals surface area contributed by atoms with Crippen molar-refractivity contribution in [2.75, 3.05) is 0 Å². The largest absolute Gasteiger partial charge is 0.0734 e. The van der Waals surface area contributed by atoms with Crippen molar-refractivity contribution < 1.29 is 0 Å². The maximum atomic E-state index is 2.29. The molecule has 0 bridgehead atoms. The monoisotopic (exact) mass is 149 g/mol. The third-order valence-electron chi connectivity index (χ3n) is 2.04. The molecule has 1 rings (SSSR count). The number of allylic oxidation sites excluding steroid dienone is 4. The van der Waals surface area contributed by atoms with Gasteiger partial charge in [-0.05, 0) is 12.8 Å². The van der Waals surface area contributed by atoms with E-state index in [1.165, 1.54) is 37.2 Å². The average molecular weight is 149 g/mol. The summed E-state index contributed by atoms with van der Waals surface area (Å²) in [4.78, 5) is 0. The van der Waals surface area contributed by atoms with Gasteiger partial charge in [-0.25, -0.2) is 0 Å². The van der Waals surface area contributed by atoms with Gasteiger partial charge in [0.25, 0.3) is 0 Å². The predicted octanol–water partition coefficient (Wildman–Crippen LogP) is 3.66. The van der Waals surface area contributed by atoms with E-state index in [1.54, 1.807) is 0 Å². The highest BCUT2D eigenvalue weighted by Gasteiger charge is 2.03. The summed E-state index contributed by atoms with van der Waals surface area (Å²) in [5, 5.41) is 0. The molecule has 61 valence electrons. The second-order valence-electron chi connectivity index (χ2n) is 3.25. The van der Waals surface area contributed by atoms with Crippen LogP contribution in [0.5, 0.6) is 0 Å². The van der Waals surface area contributed by atoms with E-state index in [1.807, 2.05) is 0 Å². The Bertz CT molecular complexity index is 163. The number of hydrogen-bond acceptors (Lipinski definition) is 0. The Balaban J connectivity index is 2.18. The second-order valence-corrected chi connectivity index (χ2v) is 3.25. The van der Waals surface area contributed by atoms with Gasteiger partial charge in [-0.1, -0.05) is 50.5 Å². The molecule has 0 aliphatic heterocycles. The second kappa shape index (κ2) is 4.38. The molecule has 0 heteroatoms. The Kier molecular flexibility index (Phi) is 3.41. The fourth-order valence-corrected chi connectivity index (χ4v) is 1.36. The molecule has 0 spiro atoms. The van der Waals surface area contributed by atoms with E-state index in [-0.39, 0.29) is 0 Å². The zero-order valence-corrected chi connectivity index (χ0v) is 7.56. The van der Waals surface area contributed by atoms with E-state index < -0.39 is 0 Å². The Morgan fingerprint density at radius 3 is 2.55 bits per heavy atom. The van der Waals surface area contributed by atoms with E-state index in [2.05, 4.69) is 32.1 Å². The molecule has 1 aliphatic carbocycles. The summed E-state index contributed by atoms with van der Waals surface area (Å²) in [6, 6.07) is 0. The third kappa shape index (κ3) is 2.92. The van der Waals surface area contributed by atoms with Crippen LogP contribution >= 0.6 is 0 Å². The third-order valence-corrected chi connectivity index (χ3v) is 2.04. The quantitative estimate of drug-likeness (QED) is 0.535. The molecule has 0 aromatic rings. The zero-order valence-electron chi connectivity index (χ0n) is 7.56. The summed E-state index contributed by atoms with van der Waals surface area (Å²) in [6.45, 7) is 4.40. The molecule has 0 N–H and O–H groups in total. The minimum Gasteiger partial charge on any atom is -0.0734 e. The Morgan fingerprint density at radius 1 is 1.18 bits per heavy atom. The smallest absolute Gasteiger partial charge is 0.0165 e. The lowest BCUT2D eigenvalue weighted by atomic mass is 10.1. The van der Waals surface area contributed by atoms with Crippen molar-refractivity contribution in [2.45, 2.75) is 39.5 Å². The summed E-state index contributed by atoms with van der Waals surface area (Å²) < 4.78 is 0. The summed E-state index contributed by atoms with van der Waals surface area (Å²) in [6.07, 6.45) is 12.0. The molecule has 0 nitrogen and oxygen atoms in total. The molecule has 1 radical (unpaired) electrons. The van der Waals surface area contributed by atoms with Gasteiger partial charge in [0, 0.05) is 5.92 Å². The highest BCUT2D eigenvalue weighted by molar-refractivity contribution is 5.39. The number of rotatable bonds is 4. The van der Waals surface area contributed by atoms with Crippen LogP contribution in [0.15, 0.2) is 23.8 Å². The molecule has 0 saturated carbocycles. The lowest BCUT2D eigenvalue weighted by molar-refractivity contribution is 0.720. The van der Waals surface area contributed by atoms with E-state index in [4.69, 9.17) is 0 Å². The van der Waals surface area contributed by atoms with E-state index >= 15 is 0 Å². The molecule has 0 heterocycles. The Labute approximate surface area is 70.0 Å². The van der Waals surface area contributed by atoms with Gasteiger partial charge < -0.3 is 0 Å². The van der Waals surface area contributed by atoms with E-state index in [0.29, 0.717) is 0 Å². The normalized spacial score (nSPS) is 17.5. The molecule has 0 aromatic carbocycles. The summed E-state index contributed by atoms with van der Waals surface area (Å²) in [5.74, 6) is 1.40. The van der Waals surface area contributed by atoms with Crippen LogP contribution < -0.4 is 0 Å². The molecule has 1 aliphatic rings. The fraction of sp³-hybridized carbons (Fsp3) is 0.545. The van der Waals surface area contributed by atoms with Crippen molar-refractivity contribution in [1.29, 1.82) is 0 Å². The lowest BCUT2D eigenvalue weighted by Crippen LogP contribution is -1.78. The topological polar surface area (TPSA) is 0 Å². The fourth-order valence-electron chi connectivity index (χ4n) is 1.36. The van der Waals surface area contributed by atoms with Crippen molar-refractivity contribution in [2.24, 2.45) is 0 Å². The van der Waals surface area contributed by atoms with Gasteiger partial charge in [0.1, 0.15) is 0 Å². The summed E-state index contributed by atoms with van der Waals surface area (Å²) in [5.41, 5.74) is 1.51. The van der Waals surface area contributed by atoms with Gasteiger partial charge in [0.15, 0.2) is 0 Å². The molecule has 0 aromatic heterocycles. The molecule has 0 atom stereocenters. The van der Waals surface area contributed by atoms with Gasteiger partial charge in [0.05, 0.1) is 0 Å². The van der Waals surface area contributed by atoms with Crippen molar-refractivity contribution in [3.63, 3.8) is 0 Å². The average Bonchev–Trinajstić information content (AvgIpc) is 2.37. The summed E-state index contributed by atoms with van der Waals surface area (Å²) >= 11 is 0. The van der Waals surface area contributed by atoms with E-state index in [9.17, 15) is 0 Å². The van der Waals surface area contributed by atoms with Crippen LogP contribution in [0.25, 0.3) is 0 Å². The lowest BCUT2D eigenvalue weighted by Gasteiger charge is -1.97. The van der Waals surface area contributed by atoms with Gasteiger partial charge in [-0.3, -0.25) is 0 Å². The van der Waals surface area contributed by atoms with Crippen LogP contribution in [0.4, 0.5) is 0 Å². The van der Waals surface area contributed by atoms with Crippen molar-refractivity contribution in [1.82, 2.24) is 0 Å². The van der Waals surface area contributed by atoms with Crippen LogP contribution in [-0.2, 0) is 0 Å². The number of unbranched alkanes of at least 4 members (excludes halogenated alkanes) is 2. The first-order chi connectivity index (χ1) is 5.33. The first-order valence-electron chi connectivity index (χ1n) is 4.55. The minimum atomic E-state index is 1.27. The standard InChI is InChI=1S/C11H17/c1-3-4-5-6-11-8-7-10(2)9-11/h7-9H,3-6H2,1-2H3. The molecule has 11 heavy (non-hydrogen) atoms. The van der Waals surface area contributed by atoms with Crippen LogP contribution in [0, 0.1) is 5.92 Å². The first-order valence-corrected chi connectivity index (χ1v) is 4.55. The molecule has 0 fully saturated rings. The van der Waals surface area contributed by atoms with Crippen LogP contribution in [0.1, 0.15) is 39.5 Å². The maximum Gasteiger partial charge on any atom is 0.0165 e. The first kappa shape index (κ1) is 8.58. The van der Waals surface area contributed by atoms with Crippen LogP contribution in [0.2, 0.25) is 0 Å². The highest BCUT2D eigenvalue weighted by Crippen LogP contribution is 2.21. The van der Waals surface area contributed by atoms with Crippen molar-refractivity contribution in [3.8, 4) is 0 Å². The molecule has 0 unspecified atom stereocenters. The van der Waals surface area contributed by atoms with Gasteiger partial charge in [-0.2, -0.15) is 0 Å². The molecule has 0 amide bonds. The molecular formula is C11H17. The van der Waals surface area contributed by atoms with Crippen molar-refractivity contribution in [3.05, 3.63) is 29.7 Å². The Morgan fingerprint density at radius 2 is 2.00 bits per heavy atom. The van der Waals surface area contributed by atoms with Crippen LogP contribution in [0.3, 0.4) is 0 Å². The molecule has 0 saturated heterocycles. The van der Waals surface area contributed by atoms with Crippen LogP contribution in [-0.4, -0.2) is 0 Å². The maximum absolute atomic E-state index is 2.29. The SMILES string of the molecule is CCCCCC1=C[C](C)C=C1. The zero-order chi connectivity index (χ0) is 8.10. The highest BCUT2D eigenvalue weighted by atomic mass is 14.1. The van der Waals surface area contributed by atoms with Gasteiger partial charge in [0.2, 0.25) is 0 Å². The minimum absolute atomic E-state index is 1.27. The summed E-state index contributed by atoms with van der Waals surface area (Å²) in [7, 11) is 0. The van der Waals surface area contributed by atoms with Gasteiger partial charge >= 0.3 is 0 Å². The van der Waals surface area contributed by atoms with Gasteiger partial charge in [-0.15, -0.1) is 0 Å². The van der Waals surface area contributed by atoms with Crippen molar-refractivity contribution >= 4 is 0 Å². The predicted molar refractivity (Wildman–Crippen MR) is 50.3 cm³/mol. The molecular weight excluding hydrogens is 132 g/mol.